The van der Waals surface area contributed by atoms with E-state index in [1.165, 1.54) is 0 Å². The smallest absolute Gasteiger partial charge is 0.251 e. The first kappa shape index (κ1) is 13.2. The van der Waals surface area contributed by atoms with E-state index in [0.717, 1.165) is 12.8 Å². The van der Waals surface area contributed by atoms with E-state index in [0.29, 0.717) is 11.1 Å². The SMILES string of the molecule is CCCC(C)(C)NC(=O)c1ccc(C#N)cc1. The van der Waals surface area contributed by atoms with E-state index in [1.807, 2.05) is 19.9 Å². The molecule has 17 heavy (non-hydrogen) atoms. The summed E-state index contributed by atoms with van der Waals surface area (Å²) < 4.78 is 0. The minimum absolute atomic E-state index is 0.0899. The molecule has 0 fully saturated rings. The van der Waals surface area contributed by atoms with Gasteiger partial charge < -0.3 is 5.32 Å². The molecule has 0 aliphatic carbocycles. The Kier molecular flexibility index (Phi) is 4.28. The predicted molar refractivity (Wildman–Crippen MR) is 67.6 cm³/mol. The number of hydrogen-bond acceptors (Lipinski definition) is 2. The molecular formula is C14H18N2O. The van der Waals surface area contributed by atoms with Crippen LogP contribution in [-0.2, 0) is 0 Å². The molecule has 0 spiro atoms. The van der Waals surface area contributed by atoms with Crippen LogP contribution in [0.1, 0.15) is 49.5 Å². The fourth-order valence-electron chi connectivity index (χ4n) is 1.76. The van der Waals surface area contributed by atoms with Gasteiger partial charge in [0.25, 0.3) is 5.91 Å². The Hall–Kier alpha value is -1.82. The van der Waals surface area contributed by atoms with Gasteiger partial charge >= 0.3 is 0 Å². The van der Waals surface area contributed by atoms with E-state index >= 15 is 0 Å². The summed E-state index contributed by atoms with van der Waals surface area (Å²) in [6, 6.07) is 8.69. The van der Waals surface area contributed by atoms with Crippen molar-refractivity contribution in [3.63, 3.8) is 0 Å². The second kappa shape index (κ2) is 5.49. The monoisotopic (exact) mass is 230 g/mol. The van der Waals surface area contributed by atoms with E-state index in [1.54, 1.807) is 24.3 Å². The fraction of sp³-hybridized carbons (Fsp3) is 0.429. The number of carbonyl (C=O) groups is 1. The Labute approximate surface area is 102 Å². The van der Waals surface area contributed by atoms with Crippen molar-refractivity contribution in [3.05, 3.63) is 35.4 Å². The van der Waals surface area contributed by atoms with Crippen molar-refractivity contribution in [1.29, 1.82) is 5.26 Å². The largest absolute Gasteiger partial charge is 0.347 e. The van der Waals surface area contributed by atoms with Gasteiger partial charge in [0.2, 0.25) is 0 Å². The van der Waals surface area contributed by atoms with Gasteiger partial charge in [0.05, 0.1) is 11.6 Å². The third-order valence-electron chi connectivity index (χ3n) is 2.60. The van der Waals surface area contributed by atoms with Crippen molar-refractivity contribution in [3.8, 4) is 6.07 Å². The maximum Gasteiger partial charge on any atom is 0.251 e. The zero-order valence-corrected chi connectivity index (χ0v) is 10.6. The van der Waals surface area contributed by atoms with Crippen molar-refractivity contribution < 1.29 is 4.79 Å². The molecule has 0 aliphatic rings. The maximum atomic E-state index is 11.9. The van der Waals surface area contributed by atoms with Crippen LogP contribution in [0.25, 0.3) is 0 Å². The number of benzene rings is 1. The van der Waals surface area contributed by atoms with Gasteiger partial charge in [0.1, 0.15) is 0 Å². The van der Waals surface area contributed by atoms with E-state index in [-0.39, 0.29) is 11.4 Å². The average Bonchev–Trinajstić information content (AvgIpc) is 2.28. The van der Waals surface area contributed by atoms with Crippen LogP contribution in [-0.4, -0.2) is 11.4 Å². The molecule has 0 bridgehead atoms. The number of amides is 1. The normalized spacial score (nSPS) is 10.7. The third kappa shape index (κ3) is 3.92. The number of nitrogens with zero attached hydrogens (tertiary/aromatic N) is 1. The molecule has 0 radical (unpaired) electrons. The van der Waals surface area contributed by atoms with Crippen LogP contribution in [0.4, 0.5) is 0 Å². The van der Waals surface area contributed by atoms with Gasteiger partial charge in [-0.25, -0.2) is 0 Å². The quantitative estimate of drug-likeness (QED) is 0.864. The molecule has 0 saturated carbocycles. The van der Waals surface area contributed by atoms with Crippen LogP contribution >= 0.6 is 0 Å². The highest BCUT2D eigenvalue weighted by atomic mass is 16.1. The third-order valence-corrected chi connectivity index (χ3v) is 2.60. The molecule has 1 aromatic carbocycles. The van der Waals surface area contributed by atoms with Crippen molar-refractivity contribution in [1.82, 2.24) is 5.32 Å². The standard InChI is InChI=1S/C14H18N2O/c1-4-9-14(2,3)16-13(17)12-7-5-11(10-15)6-8-12/h5-8H,4,9H2,1-3H3,(H,16,17). The lowest BCUT2D eigenvalue weighted by molar-refractivity contribution is 0.0909. The van der Waals surface area contributed by atoms with E-state index in [4.69, 9.17) is 5.26 Å². The zero-order chi connectivity index (χ0) is 12.9. The summed E-state index contributed by atoms with van der Waals surface area (Å²) in [6.45, 7) is 6.12. The Bertz CT molecular complexity index is 427. The predicted octanol–water partition coefficient (Wildman–Crippen LogP) is 2.87. The second-order valence-corrected chi connectivity index (χ2v) is 4.78. The summed E-state index contributed by atoms with van der Waals surface area (Å²) in [5.41, 5.74) is 0.960. The van der Waals surface area contributed by atoms with Crippen molar-refractivity contribution in [2.75, 3.05) is 0 Å². The van der Waals surface area contributed by atoms with Crippen LogP contribution in [0.2, 0.25) is 0 Å². The first-order chi connectivity index (χ1) is 7.98. The van der Waals surface area contributed by atoms with E-state index < -0.39 is 0 Å². The Balaban J connectivity index is 2.73. The van der Waals surface area contributed by atoms with E-state index in [9.17, 15) is 4.79 Å². The van der Waals surface area contributed by atoms with Crippen molar-refractivity contribution in [2.45, 2.75) is 39.2 Å². The summed E-state index contributed by atoms with van der Waals surface area (Å²) in [5, 5.41) is 11.7. The first-order valence-electron chi connectivity index (χ1n) is 5.81. The highest BCUT2D eigenvalue weighted by Gasteiger charge is 2.19. The number of hydrogen-bond donors (Lipinski definition) is 1. The van der Waals surface area contributed by atoms with E-state index in [2.05, 4.69) is 12.2 Å². The number of rotatable bonds is 4. The molecular weight excluding hydrogens is 212 g/mol. The van der Waals surface area contributed by atoms with Gasteiger partial charge in [-0.15, -0.1) is 0 Å². The maximum absolute atomic E-state index is 11.9. The lowest BCUT2D eigenvalue weighted by Gasteiger charge is -2.25. The summed E-state index contributed by atoms with van der Waals surface area (Å²) in [5.74, 6) is -0.0899. The number of nitriles is 1. The zero-order valence-electron chi connectivity index (χ0n) is 10.6. The van der Waals surface area contributed by atoms with Gasteiger partial charge in [-0.2, -0.15) is 5.26 Å². The van der Waals surface area contributed by atoms with Crippen molar-refractivity contribution >= 4 is 5.91 Å². The second-order valence-electron chi connectivity index (χ2n) is 4.78. The van der Waals surface area contributed by atoms with Gasteiger partial charge in [0, 0.05) is 11.1 Å². The Morgan fingerprint density at radius 3 is 2.41 bits per heavy atom. The molecule has 0 atom stereocenters. The van der Waals surface area contributed by atoms with Crippen molar-refractivity contribution in [2.24, 2.45) is 0 Å². The average molecular weight is 230 g/mol. The van der Waals surface area contributed by atoms with Crippen LogP contribution in [0.15, 0.2) is 24.3 Å². The molecule has 3 heteroatoms. The Morgan fingerprint density at radius 2 is 1.94 bits per heavy atom. The molecule has 90 valence electrons. The number of carbonyl (C=O) groups excluding carboxylic acids is 1. The molecule has 1 aromatic rings. The van der Waals surface area contributed by atoms with Crippen LogP contribution < -0.4 is 5.32 Å². The fourth-order valence-corrected chi connectivity index (χ4v) is 1.76. The highest BCUT2D eigenvalue weighted by molar-refractivity contribution is 5.94. The summed E-state index contributed by atoms with van der Waals surface area (Å²) in [6.07, 6.45) is 1.97. The molecule has 0 aliphatic heterocycles. The lowest BCUT2D eigenvalue weighted by Crippen LogP contribution is -2.43. The molecule has 1 N–H and O–H groups in total. The van der Waals surface area contributed by atoms with Gasteiger partial charge in [-0.05, 0) is 44.5 Å². The van der Waals surface area contributed by atoms with Gasteiger partial charge in [-0.3, -0.25) is 4.79 Å². The lowest BCUT2D eigenvalue weighted by atomic mass is 9.98. The highest BCUT2D eigenvalue weighted by Crippen LogP contribution is 2.12. The molecule has 0 unspecified atom stereocenters. The molecule has 0 aromatic heterocycles. The molecule has 3 nitrogen and oxygen atoms in total. The topological polar surface area (TPSA) is 52.9 Å². The molecule has 0 saturated heterocycles. The number of nitrogens with one attached hydrogen (secondary N) is 1. The first-order valence-corrected chi connectivity index (χ1v) is 5.81. The van der Waals surface area contributed by atoms with Crippen LogP contribution in [0, 0.1) is 11.3 Å². The summed E-state index contributed by atoms with van der Waals surface area (Å²) in [7, 11) is 0. The van der Waals surface area contributed by atoms with Crippen LogP contribution in [0.3, 0.4) is 0 Å². The van der Waals surface area contributed by atoms with Gasteiger partial charge in [0.15, 0.2) is 0 Å². The summed E-state index contributed by atoms with van der Waals surface area (Å²) in [4.78, 5) is 11.9. The van der Waals surface area contributed by atoms with Gasteiger partial charge in [-0.1, -0.05) is 13.3 Å². The molecule has 0 heterocycles. The minimum Gasteiger partial charge on any atom is -0.347 e. The Morgan fingerprint density at radius 1 is 1.35 bits per heavy atom. The summed E-state index contributed by atoms with van der Waals surface area (Å²) >= 11 is 0. The molecule has 1 rings (SSSR count). The van der Waals surface area contributed by atoms with Crippen LogP contribution in [0.5, 0.6) is 0 Å². The minimum atomic E-state index is -0.195. The molecule has 1 amide bonds.